The highest BCUT2D eigenvalue weighted by molar-refractivity contribution is 6.31. The molecule has 0 spiro atoms. The van der Waals surface area contributed by atoms with Crippen molar-refractivity contribution in [1.29, 1.82) is 0 Å². The van der Waals surface area contributed by atoms with Crippen LogP contribution < -0.4 is 9.47 Å². The summed E-state index contributed by atoms with van der Waals surface area (Å²) in [5, 5.41) is 9.24. The molecule has 4 nitrogen and oxygen atoms in total. The number of benzene rings is 1. The fourth-order valence-corrected chi connectivity index (χ4v) is 2.18. The lowest BCUT2D eigenvalue weighted by molar-refractivity contribution is -0.136. The van der Waals surface area contributed by atoms with E-state index in [0.29, 0.717) is 22.9 Å². The lowest BCUT2D eigenvalue weighted by atomic mass is 9.96. The summed E-state index contributed by atoms with van der Waals surface area (Å²) in [6, 6.07) is 3.48. The lowest BCUT2D eigenvalue weighted by Crippen LogP contribution is -2.24. The molecule has 1 aliphatic rings. The average molecular weight is 285 g/mol. The molecule has 0 saturated heterocycles. The summed E-state index contributed by atoms with van der Waals surface area (Å²) in [7, 11) is 1.57. The average Bonchev–Trinajstić information content (AvgIpc) is 2.32. The van der Waals surface area contributed by atoms with E-state index in [1.807, 2.05) is 0 Å². The minimum Gasteiger partial charge on any atom is -0.493 e. The Morgan fingerprint density at radius 2 is 2.16 bits per heavy atom. The number of hydrogen-bond donors (Lipinski definition) is 1. The van der Waals surface area contributed by atoms with Gasteiger partial charge in [0.05, 0.1) is 13.2 Å². The molecule has 0 heterocycles. The van der Waals surface area contributed by atoms with Crippen LogP contribution in [0.3, 0.4) is 0 Å². The van der Waals surface area contributed by atoms with Crippen LogP contribution in [-0.2, 0) is 11.2 Å². The first-order chi connectivity index (χ1) is 9.10. The molecule has 0 aliphatic heterocycles. The van der Waals surface area contributed by atoms with Crippen molar-refractivity contribution < 1.29 is 19.4 Å². The predicted octanol–water partition coefficient (Wildman–Crippen LogP) is 3.30. The van der Waals surface area contributed by atoms with Gasteiger partial charge in [-0.05, 0) is 37.3 Å². The van der Waals surface area contributed by atoms with Crippen molar-refractivity contribution in [2.24, 2.45) is 0 Å². The van der Waals surface area contributed by atoms with Crippen LogP contribution in [0.15, 0.2) is 12.1 Å². The summed E-state index contributed by atoms with van der Waals surface area (Å²) < 4.78 is 11.1. The van der Waals surface area contributed by atoms with Crippen LogP contribution in [0.5, 0.6) is 11.5 Å². The van der Waals surface area contributed by atoms with Gasteiger partial charge in [0.15, 0.2) is 11.5 Å². The van der Waals surface area contributed by atoms with Crippen molar-refractivity contribution in [1.82, 2.24) is 0 Å². The number of aryl methyl sites for hydroxylation is 1. The van der Waals surface area contributed by atoms with E-state index in [1.54, 1.807) is 19.2 Å². The van der Waals surface area contributed by atoms with Crippen molar-refractivity contribution in [3.63, 3.8) is 0 Å². The van der Waals surface area contributed by atoms with Gasteiger partial charge in [-0.15, -0.1) is 0 Å². The van der Waals surface area contributed by atoms with Crippen molar-refractivity contribution in [2.75, 3.05) is 7.11 Å². The Morgan fingerprint density at radius 3 is 2.68 bits per heavy atom. The largest absolute Gasteiger partial charge is 0.493 e. The van der Waals surface area contributed by atoms with Gasteiger partial charge < -0.3 is 14.6 Å². The van der Waals surface area contributed by atoms with Gasteiger partial charge in [0, 0.05) is 17.5 Å². The highest BCUT2D eigenvalue weighted by Gasteiger charge is 2.21. The number of carboxylic acids is 1. The van der Waals surface area contributed by atoms with Gasteiger partial charge in [-0.2, -0.15) is 0 Å². The summed E-state index contributed by atoms with van der Waals surface area (Å²) in [5.74, 6) is 0.404. The standard InChI is InChI=1S/C14H17ClO4/c1-18-12-8-11(15)9(5-6-14(16)17)7-13(12)19-10-3-2-4-10/h7-8,10H,2-6H2,1H3,(H,16,17). The summed E-state index contributed by atoms with van der Waals surface area (Å²) in [6.45, 7) is 0. The summed E-state index contributed by atoms with van der Waals surface area (Å²) in [5.41, 5.74) is 0.777. The zero-order valence-corrected chi connectivity index (χ0v) is 11.6. The third-order valence-electron chi connectivity index (χ3n) is 3.29. The molecule has 1 aromatic rings. The fraction of sp³-hybridized carbons (Fsp3) is 0.500. The van der Waals surface area contributed by atoms with Gasteiger partial charge >= 0.3 is 5.97 Å². The van der Waals surface area contributed by atoms with Crippen LogP contribution in [0.1, 0.15) is 31.2 Å². The second kappa shape index (κ2) is 6.15. The fourth-order valence-electron chi connectivity index (χ4n) is 1.93. The number of carboxylic acid groups (broad SMARTS) is 1. The Morgan fingerprint density at radius 1 is 1.42 bits per heavy atom. The van der Waals surface area contributed by atoms with E-state index >= 15 is 0 Å². The van der Waals surface area contributed by atoms with Crippen molar-refractivity contribution in [3.8, 4) is 11.5 Å². The number of halogens is 1. The zero-order chi connectivity index (χ0) is 13.8. The number of rotatable bonds is 6. The van der Waals surface area contributed by atoms with E-state index in [-0.39, 0.29) is 12.5 Å². The number of carbonyl (C=O) groups is 1. The molecule has 1 aromatic carbocycles. The van der Waals surface area contributed by atoms with Crippen LogP contribution in [0.25, 0.3) is 0 Å². The maximum atomic E-state index is 10.6. The van der Waals surface area contributed by atoms with Gasteiger partial charge in [-0.1, -0.05) is 11.6 Å². The molecule has 104 valence electrons. The number of aliphatic carboxylic acids is 1. The van der Waals surface area contributed by atoms with Crippen molar-refractivity contribution in [2.45, 2.75) is 38.2 Å². The first kappa shape index (κ1) is 14.0. The van der Waals surface area contributed by atoms with Gasteiger partial charge in [-0.3, -0.25) is 4.79 Å². The monoisotopic (exact) mass is 284 g/mol. The Bertz CT molecular complexity index is 469. The first-order valence-electron chi connectivity index (χ1n) is 6.35. The summed E-state index contributed by atoms with van der Waals surface area (Å²) in [6.07, 6.45) is 3.97. The molecule has 0 amide bonds. The Balaban J connectivity index is 2.18. The number of methoxy groups -OCH3 is 1. The SMILES string of the molecule is COc1cc(Cl)c(CCC(=O)O)cc1OC1CCC1. The molecule has 5 heteroatoms. The molecule has 1 saturated carbocycles. The van der Waals surface area contributed by atoms with Crippen LogP contribution in [-0.4, -0.2) is 24.3 Å². The Labute approximate surface area is 117 Å². The molecular formula is C14H17ClO4. The van der Waals surface area contributed by atoms with Crippen LogP contribution in [0.2, 0.25) is 5.02 Å². The van der Waals surface area contributed by atoms with E-state index < -0.39 is 5.97 Å². The third-order valence-corrected chi connectivity index (χ3v) is 3.64. The van der Waals surface area contributed by atoms with Crippen molar-refractivity contribution >= 4 is 17.6 Å². The highest BCUT2D eigenvalue weighted by Crippen LogP contribution is 2.36. The van der Waals surface area contributed by atoms with E-state index in [4.69, 9.17) is 26.2 Å². The van der Waals surface area contributed by atoms with Crippen LogP contribution in [0, 0.1) is 0 Å². The minimum absolute atomic E-state index is 0.0505. The molecule has 2 rings (SSSR count). The van der Waals surface area contributed by atoms with Gasteiger partial charge in [-0.25, -0.2) is 0 Å². The topological polar surface area (TPSA) is 55.8 Å². The maximum Gasteiger partial charge on any atom is 0.303 e. The molecule has 0 unspecified atom stereocenters. The van der Waals surface area contributed by atoms with E-state index in [2.05, 4.69) is 0 Å². The van der Waals surface area contributed by atoms with Crippen LogP contribution in [0.4, 0.5) is 0 Å². The molecule has 0 aromatic heterocycles. The molecule has 1 fully saturated rings. The smallest absolute Gasteiger partial charge is 0.303 e. The maximum absolute atomic E-state index is 10.6. The van der Waals surface area contributed by atoms with E-state index in [1.165, 1.54) is 6.42 Å². The second-order valence-electron chi connectivity index (χ2n) is 4.66. The number of hydrogen-bond acceptors (Lipinski definition) is 3. The van der Waals surface area contributed by atoms with Crippen LogP contribution >= 0.6 is 11.6 Å². The quantitative estimate of drug-likeness (QED) is 0.871. The summed E-state index contributed by atoms with van der Waals surface area (Å²) >= 11 is 6.12. The van der Waals surface area contributed by atoms with Gasteiger partial charge in [0.25, 0.3) is 0 Å². The van der Waals surface area contributed by atoms with Gasteiger partial charge in [0.1, 0.15) is 0 Å². The predicted molar refractivity (Wildman–Crippen MR) is 72.2 cm³/mol. The Kier molecular flexibility index (Phi) is 4.53. The molecule has 0 atom stereocenters. The zero-order valence-electron chi connectivity index (χ0n) is 10.8. The van der Waals surface area contributed by atoms with Crippen molar-refractivity contribution in [3.05, 3.63) is 22.7 Å². The molecular weight excluding hydrogens is 268 g/mol. The molecule has 1 N–H and O–H groups in total. The first-order valence-corrected chi connectivity index (χ1v) is 6.73. The molecule has 1 aliphatic carbocycles. The molecule has 0 bridgehead atoms. The normalized spacial score (nSPS) is 14.8. The van der Waals surface area contributed by atoms with E-state index in [0.717, 1.165) is 18.4 Å². The Hall–Kier alpha value is -1.42. The minimum atomic E-state index is -0.839. The third kappa shape index (κ3) is 3.53. The number of ether oxygens (including phenoxy) is 2. The second-order valence-corrected chi connectivity index (χ2v) is 5.07. The molecule has 19 heavy (non-hydrogen) atoms. The lowest BCUT2D eigenvalue weighted by Gasteiger charge is -2.27. The molecule has 0 radical (unpaired) electrons. The van der Waals surface area contributed by atoms with Gasteiger partial charge in [0.2, 0.25) is 0 Å². The highest BCUT2D eigenvalue weighted by atomic mass is 35.5. The van der Waals surface area contributed by atoms with E-state index in [9.17, 15) is 4.79 Å². The summed E-state index contributed by atoms with van der Waals surface area (Å²) in [4.78, 5) is 10.6.